The van der Waals surface area contributed by atoms with Crippen molar-refractivity contribution in [1.29, 1.82) is 0 Å². The van der Waals surface area contributed by atoms with Gasteiger partial charge in [0.1, 0.15) is 11.6 Å². The van der Waals surface area contributed by atoms with E-state index in [4.69, 9.17) is 4.74 Å². The fraction of sp³-hybridized carbons (Fsp3) is 0.562. The number of ether oxygens (including phenoxy) is 1. The van der Waals surface area contributed by atoms with Crippen LogP contribution in [0.2, 0.25) is 0 Å². The quantitative estimate of drug-likeness (QED) is 0.626. The lowest BCUT2D eigenvalue weighted by Crippen LogP contribution is -2.02. The molecule has 0 aromatic heterocycles. The van der Waals surface area contributed by atoms with Gasteiger partial charge in [0.25, 0.3) is 0 Å². The van der Waals surface area contributed by atoms with Crippen LogP contribution < -0.4 is 4.74 Å². The number of unbranched alkanes of at least 4 members (excludes halogenated alkanes) is 1. The maximum Gasteiger partial charge on any atom is 0.168 e. The van der Waals surface area contributed by atoms with Crippen molar-refractivity contribution >= 4 is 5.78 Å². The van der Waals surface area contributed by atoms with Gasteiger partial charge in [0, 0.05) is 18.9 Å². The third kappa shape index (κ3) is 5.27. The molecule has 0 aliphatic rings. The van der Waals surface area contributed by atoms with Crippen LogP contribution in [-0.4, -0.2) is 12.4 Å². The molecule has 0 atom stereocenters. The Bertz CT molecular complexity index is 444. The number of halogens is 2. The summed E-state index contributed by atoms with van der Waals surface area (Å²) in [5.74, 6) is -0.790. The summed E-state index contributed by atoms with van der Waals surface area (Å²) in [5.41, 5.74) is 0.319. The highest BCUT2D eigenvalue weighted by Crippen LogP contribution is 2.24. The topological polar surface area (TPSA) is 26.3 Å². The lowest BCUT2D eigenvalue weighted by molar-refractivity contribution is -0.118. The molecule has 20 heavy (non-hydrogen) atoms. The average Bonchev–Trinajstić information content (AvgIpc) is 2.44. The predicted molar refractivity (Wildman–Crippen MR) is 75.0 cm³/mol. The molecule has 0 aliphatic heterocycles. The molecule has 1 aromatic rings. The van der Waals surface area contributed by atoms with Gasteiger partial charge in [-0.1, -0.05) is 13.8 Å². The second-order valence-corrected chi connectivity index (χ2v) is 4.82. The molecular weight excluding hydrogens is 262 g/mol. The zero-order chi connectivity index (χ0) is 15.0. The Morgan fingerprint density at radius 1 is 1.20 bits per heavy atom. The van der Waals surface area contributed by atoms with Crippen LogP contribution >= 0.6 is 0 Å². The lowest BCUT2D eigenvalue weighted by Gasteiger charge is -2.10. The van der Waals surface area contributed by atoms with Crippen molar-refractivity contribution in [2.45, 2.75) is 52.4 Å². The summed E-state index contributed by atoms with van der Waals surface area (Å²) in [6.07, 6.45) is 3.57. The molecule has 1 aromatic carbocycles. The highest BCUT2D eigenvalue weighted by atomic mass is 19.1. The van der Waals surface area contributed by atoms with Crippen molar-refractivity contribution in [2.24, 2.45) is 0 Å². The summed E-state index contributed by atoms with van der Waals surface area (Å²) in [5, 5.41) is 0. The molecule has 112 valence electrons. The minimum atomic E-state index is -0.489. The zero-order valence-electron chi connectivity index (χ0n) is 12.2. The van der Waals surface area contributed by atoms with E-state index in [1.807, 2.05) is 13.8 Å². The van der Waals surface area contributed by atoms with Crippen molar-refractivity contribution in [3.05, 3.63) is 29.3 Å². The van der Waals surface area contributed by atoms with Gasteiger partial charge in [0.2, 0.25) is 0 Å². The summed E-state index contributed by atoms with van der Waals surface area (Å²) >= 11 is 0. The second kappa shape index (κ2) is 8.67. The molecule has 0 saturated carbocycles. The first-order valence-electron chi connectivity index (χ1n) is 7.20. The first-order valence-corrected chi connectivity index (χ1v) is 7.20. The lowest BCUT2D eigenvalue weighted by atomic mass is 10.0. The van der Waals surface area contributed by atoms with Crippen LogP contribution in [0, 0.1) is 11.6 Å². The van der Waals surface area contributed by atoms with Crippen LogP contribution in [0.3, 0.4) is 0 Å². The zero-order valence-corrected chi connectivity index (χ0v) is 12.2. The average molecular weight is 284 g/mol. The third-order valence-corrected chi connectivity index (χ3v) is 3.09. The normalized spacial score (nSPS) is 10.6. The van der Waals surface area contributed by atoms with E-state index in [9.17, 15) is 13.6 Å². The van der Waals surface area contributed by atoms with Crippen molar-refractivity contribution in [3.8, 4) is 5.75 Å². The Balaban J connectivity index is 2.60. The first-order chi connectivity index (χ1) is 9.58. The molecule has 4 heteroatoms. The molecule has 0 saturated heterocycles. The largest absolute Gasteiger partial charge is 0.490 e. The Morgan fingerprint density at radius 3 is 2.60 bits per heavy atom. The summed E-state index contributed by atoms with van der Waals surface area (Å²) in [4.78, 5) is 11.2. The van der Waals surface area contributed by atoms with E-state index in [0.717, 1.165) is 12.5 Å². The van der Waals surface area contributed by atoms with E-state index in [0.29, 0.717) is 44.3 Å². The van der Waals surface area contributed by atoms with E-state index in [1.165, 1.54) is 6.07 Å². The molecule has 0 aliphatic carbocycles. The smallest absolute Gasteiger partial charge is 0.168 e. The Morgan fingerprint density at radius 2 is 1.95 bits per heavy atom. The minimum Gasteiger partial charge on any atom is -0.490 e. The van der Waals surface area contributed by atoms with Gasteiger partial charge in [-0.3, -0.25) is 4.79 Å². The van der Waals surface area contributed by atoms with Crippen molar-refractivity contribution in [3.63, 3.8) is 0 Å². The van der Waals surface area contributed by atoms with Gasteiger partial charge in [0.05, 0.1) is 6.61 Å². The van der Waals surface area contributed by atoms with Gasteiger partial charge in [0.15, 0.2) is 11.6 Å². The first kappa shape index (κ1) is 16.6. The molecular formula is C16H22F2O2. The maximum atomic E-state index is 14.1. The number of carbonyl (C=O) groups is 1. The number of Topliss-reactive ketones (excluding diaryl/α,β-unsaturated/α-hetero) is 1. The molecule has 0 bridgehead atoms. The molecule has 2 nitrogen and oxygen atoms in total. The Hall–Kier alpha value is -1.45. The number of aryl methyl sites for hydroxylation is 1. The monoisotopic (exact) mass is 284 g/mol. The van der Waals surface area contributed by atoms with Gasteiger partial charge in [-0.15, -0.1) is 0 Å². The highest BCUT2D eigenvalue weighted by molar-refractivity contribution is 5.77. The van der Waals surface area contributed by atoms with Crippen LogP contribution in [0.15, 0.2) is 12.1 Å². The van der Waals surface area contributed by atoms with Crippen LogP contribution in [-0.2, 0) is 11.2 Å². The minimum absolute atomic E-state index is 0.0218. The summed E-state index contributed by atoms with van der Waals surface area (Å²) < 4.78 is 32.7. The summed E-state index contributed by atoms with van der Waals surface area (Å²) in [6, 6.07) is 2.28. The fourth-order valence-corrected chi connectivity index (χ4v) is 1.93. The maximum absolute atomic E-state index is 14.1. The van der Waals surface area contributed by atoms with E-state index >= 15 is 0 Å². The highest BCUT2D eigenvalue weighted by Gasteiger charge is 2.12. The van der Waals surface area contributed by atoms with Crippen molar-refractivity contribution in [2.75, 3.05) is 6.61 Å². The molecule has 0 unspecified atom stereocenters. The van der Waals surface area contributed by atoms with E-state index in [-0.39, 0.29) is 11.5 Å². The number of ketones is 1. The molecule has 0 radical (unpaired) electrons. The van der Waals surface area contributed by atoms with Crippen LogP contribution in [0.4, 0.5) is 8.78 Å². The summed E-state index contributed by atoms with van der Waals surface area (Å²) in [6.45, 7) is 4.10. The number of benzene rings is 1. The van der Waals surface area contributed by atoms with Crippen LogP contribution in [0.1, 0.15) is 51.5 Å². The number of rotatable bonds is 9. The summed E-state index contributed by atoms with van der Waals surface area (Å²) in [7, 11) is 0. The molecule has 0 N–H and O–H groups in total. The SMILES string of the molecule is CCCOc1cc(F)cc(CCCCC(=O)CC)c1F. The predicted octanol–water partition coefficient (Wildman–Crippen LogP) is 4.45. The van der Waals surface area contributed by atoms with Crippen LogP contribution in [0.25, 0.3) is 0 Å². The molecule has 0 spiro atoms. The van der Waals surface area contributed by atoms with Gasteiger partial charge in [-0.05, 0) is 37.3 Å². The van der Waals surface area contributed by atoms with E-state index in [1.54, 1.807) is 0 Å². The number of carbonyl (C=O) groups excluding carboxylic acids is 1. The molecule has 0 heterocycles. The fourth-order valence-electron chi connectivity index (χ4n) is 1.93. The Kier molecular flexibility index (Phi) is 7.20. The molecule has 0 fully saturated rings. The number of hydrogen-bond donors (Lipinski definition) is 0. The second-order valence-electron chi connectivity index (χ2n) is 4.82. The van der Waals surface area contributed by atoms with Crippen molar-refractivity contribution in [1.82, 2.24) is 0 Å². The van der Waals surface area contributed by atoms with Gasteiger partial charge >= 0.3 is 0 Å². The molecule has 0 amide bonds. The standard InChI is InChI=1S/C16H22F2O2/c1-3-9-20-15-11-13(17)10-12(16(15)18)7-5-6-8-14(19)4-2/h10-11H,3-9H2,1-2H3. The van der Waals surface area contributed by atoms with Gasteiger partial charge in [-0.2, -0.15) is 0 Å². The third-order valence-electron chi connectivity index (χ3n) is 3.09. The van der Waals surface area contributed by atoms with Gasteiger partial charge in [-0.25, -0.2) is 8.78 Å². The van der Waals surface area contributed by atoms with Crippen LogP contribution in [0.5, 0.6) is 5.75 Å². The van der Waals surface area contributed by atoms with E-state index < -0.39 is 11.6 Å². The Labute approximate surface area is 119 Å². The van der Waals surface area contributed by atoms with Crippen molar-refractivity contribution < 1.29 is 18.3 Å². The van der Waals surface area contributed by atoms with E-state index in [2.05, 4.69) is 0 Å². The van der Waals surface area contributed by atoms with Gasteiger partial charge < -0.3 is 4.74 Å². The molecule has 1 rings (SSSR count). The number of hydrogen-bond acceptors (Lipinski definition) is 2.